The number of rotatable bonds is 6. The molecule has 0 radical (unpaired) electrons. The van der Waals surface area contributed by atoms with Gasteiger partial charge in [0.05, 0.1) is 6.21 Å². The summed E-state index contributed by atoms with van der Waals surface area (Å²) in [6, 6.07) is 16.3. The second-order valence-electron chi connectivity index (χ2n) is 5.99. The maximum atomic E-state index is 4.65. The van der Waals surface area contributed by atoms with Crippen molar-refractivity contribution in [2.75, 3.05) is 0 Å². The second kappa shape index (κ2) is 8.97. The van der Waals surface area contributed by atoms with E-state index in [-0.39, 0.29) is 5.92 Å². The first-order valence-corrected chi connectivity index (χ1v) is 10.7. The Morgan fingerprint density at radius 3 is 2.50 bits per heavy atom. The van der Waals surface area contributed by atoms with Crippen LogP contribution in [0, 0.1) is 0 Å². The van der Waals surface area contributed by atoms with E-state index in [1.165, 1.54) is 5.56 Å². The number of hydrogen-bond acceptors (Lipinski definition) is 4. The number of nitrogens with zero attached hydrogens (tertiary/aromatic N) is 4. The third kappa shape index (κ3) is 4.84. The Balaban J connectivity index is 1.84. The number of benzene rings is 2. The zero-order valence-electron chi connectivity index (χ0n) is 14.4. The van der Waals surface area contributed by atoms with Crippen LogP contribution in [0.25, 0.3) is 0 Å². The molecule has 134 valence electrons. The molecule has 0 N–H and O–H groups in total. The molecule has 4 nitrogen and oxygen atoms in total. The van der Waals surface area contributed by atoms with Crippen molar-refractivity contribution in [1.29, 1.82) is 0 Å². The smallest absolute Gasteiger partial charge is 0.191 e. The summed E-state index contributed by atoms with van der Waals surface area (Å²) >= 11 is 8.65. The molecule has 0 aliphatic carbocycles. The number of thioether (sulfide) groups is 1. The predicted octanol–water partition coefficient (Wildman–Crippen LogP) is 6.10. The van der Waals surface area contributed by atoms with Gasteiger partial charge in [-0.05, 0) is 23.8 Å². The van der Waals surface area contributed by atoms with Gasteiger partial charge in [-0.1, -0.05) is 87.8 Å². The van der Waals surface area contributed by atoms with Crippen LogP contribution in [0.5, 0.6) is 0 Å². The fraction of sp³-hybridized carbons (Fsp3) is 0.211. The van der Waals surface area contributed by atoms with Crippen LogP contribution in [0.2, 0.25) is 0 Å². The van der Waals surface area contributed by atoms with E-state index in [9.17, 15) is 0 Å². The first kappa shape index (κ1) is 19.3. The molecule has 1 heterocycles. The van der Waals surface area contributed by atoms with Crippen LogP contribution >= 0.6 is 43.6 Å². The molecular formula is C19H18Br2N4S. The van der Waals surface area contributed by atoms with Crippen molar-refractivity contribution in [2.45, 2.75) is 30.7 Å². The molecular weight excluding hydrogens is 476 g/mol. The molecule has 1 aromatic heterocycles. The molecule has 0 unspecified atom stereocenters. The minimum Gasteiger partial charge on any atom is -0.191 e. The molecule has 0 bridgehead atoms. The number of halogens is 2. The molecule has 0 fully saturated rings. The van der Waals surface area contributed by atoms with Gasteiger partial charge in [-0.25, -0.2) is 0 Å². The fourth-order valence-corrected chi connectivity index (χ4v) is 3.76. The third-order valence-electron chi connectivity index (χ3n) is 3.65. The van der Waals surface area contributed by atoms with E-state index < -0.39 is 0 Å². The van der Waals surface area contributed by atoms with Gasteiger partial charge in [0.2, 0.25) is 5.16 Å². The highest BCUT2D eigenvalue weighted by Crippen LogP contribution is 2.25. The summed E-state index contributed by atoms with van der Waals surface area (Å²) < 4.78 is 3.93. The molecule has 0 atom stereocenters. The van der Waals surface area contributed by atoms with E-state index in [4.69, 9.17) is 0 Å². The lowest BCUT2D eigenvalue weighted by molar-refractivity contribution is 0.667. The number of aromatic nitrogens is 3. The summed E-state index contributed by atoms with van der Waals surface area (Å²) in [7, 11) is 0. The Morgan fingerprint density at radius 1 is 1.08 bits per heavy atom. The summed E-state index contributed by atoms with van der Waals surface area (Å²) in [5.74, 6) is 1.90. The monoisotopic (exact) mass is 492 g/mol. The molecule has 0 amide bonds. The Morgan fingerprint density at radius 2 is 1.81 bits per heavy atom. The Hall–Kier alpha value is -1.44. The van der Waals surface area contributed by atoms with Gasteiger partial charge in [0.1, 0.15) is 0 Å². The van der Waals surface area contributed by atoms with Crippen molar-refractivity contribution >= 4 is 49.8 Å². The number of hydrogen-bond donors (Lipinski definition) is 0. The Kier molecular flexibility index (Phi) is 6.67. The summed E-state index contributed by atoms with van der Waals surface area (Å²) in [6.07, 6.45) is 1.84. The largest absolute Gasteiger partial charge is 0.212 e. The van der Waals surface area contributed by atoms with Crippen molar-refractivity contribution in [3.8, 4) is 0 Å². The molecule has 3 aromatic rings. The van der Waals surface area contributed by atoms with E-state index in [0.717, 1.165) is 31.2 Å². The maximum absolute atomic E-state index is 4.65. The molecule has 7 heteroatoms. The van der Waals surface area contributed by atoms with E-state index in [0.29, 0.717) is 0 Å². The molecule has 26 heavy (non-hydrogen) atoms. The highest BCUT2D eigenvalue weighted by Gasteiger charge is 2.15. The first-order chi connectivity index (χ1) is 12.5. The summed E-state index contributed by atoms with van der Waals surface area (Å²) in [5.41, 5.74) is 2.24. The minimum absolute atomic E-state index is 0.237. The van der Waals surface area contributed by atoms with Gasteiger partial charge in [0.15, 0.2) is 5.82 Å². The summed E-state index contributed by atoms with van der Waals surface area (Å²) in [5, 5.41) is 14.1. The van der Waals surface area contributed by atoms with Crippen molar-refractivity contribution in [3.05, 3.63) is 74.4 Å². The lowest BCUT2D eigenvalue weighted by atomic mass is 10.2. The van der Waals surface area contributed by atoms with Gasteiger partial charge in [-0.2, -0.15) is 9.78 Å². The fourth-order valence-electron chi connectivity index (χ4n) is 2.26. The van der Waals surface area contributed by atoms with E-state index in [1.54, 1.807) is 11.8 Å². The van der Waals surface area contributed by atoms with E-state index >= 15 is 0 Å². The van der Waals surface area contributed by atoms with E-state index in [2.05, 4.69) is 73.1 Å². The second-order valence-corrected chi connectivity index (χ2v) is 8.70. The maximum Gasteiger partial charge on any atom is 0.212 e. The zero-order chi connectivity index (χ0) is 18.5. The molecule has 0 aliphatic heterocycles. The molecule has 0 spiro atoms. The summed E-state index contributed by atoms with van der Waals surface area (Å²) in [6.45, 7) is 4.19. The normalized spacial score (nSPS) is 11.6. The predicted molar refractivity (Wildman–Crippen MR) is 115 cm³/mol. The van der Waals surface area contributed by atoms with Gasteiger partial charge >= 0.3 is 0 Å². The quantitative estimate of drug-likeness (QED) is 0.307. The van der Waals surface area contributed by atoms with Crippen molar-refractivity contribution in [2.24, 2.45) is 5.10 Å². The first-order valence-electron chi connectivity index (χ1n) is 8.16. The third-order valence-corrected chi connectivity index (χ3v) is 5.89. The molecule has 2 aromatic carbocycles. The minimum atomic E-state index is 0.237. The Bertz CT molecular complexity index is 904. The average Bonchev–Trinajstić information content (AvgIpc) is 3.04. The van der Waals surface area contributed by atoms with Crippen LogP contribution in [0.4, 0.5) is 0 Å². The lowest BCUT2D eigenvalue weighted by Crippen LogP contribution is -2.02. The van der Waals surface area contributed by atoms with Crippen LogP contribution in [-0.2, 0) is 5.75 Å². The van der Waals surface area contributed by atoms with Crippen LogP contribution in [0.15, 0.2) is 67.7 Å². The van der Waals surface area contributed by atoms with Gasteiger partial charge in [-0.3, -0.25) is 0 Å². The van der Waals surface area contributed by atoms with Crippen LogP contribution in [0.3, 0.4) is 0 Å². The molecule has 0 aliphatic rings. The highest BCUT2D eigenvalue weighted by molar-refractivity contribution is 9.10. The Labute approximate surface area is 174 Å². The van der Waals surface area contributed by atoms with Crippen LogP contribution in [0.1, 0.15) is 36.7 Å². The van der Waals surface area contributed by atoms with Gasteiger partial charge < -0.3 is 0 Å². The van der Waals surface area contributed by atoms with Gasteiger partial charge in [0.25, 0.3) is 0 Å². The standard InChI is InChI=1S/C19H18Br2N4S/c1-13(2)18-23-24-19(26-12-14-7-9-16(20)10-8-14)25(18)22-11-15-5-3-4-6-17(15)21/h3-11,13H,12H2,1-2H3/b22-11+. The summed E-state index contributed by atoms with van der Waals surface area (Å²) in [4.78, 5) is 0. The lowest BCUT2D eigenvalue weighted by Gasteiger charge is -2.07. The van der Waals surface area contributed by atoms with Crippen molar-refractivity contribution in [1.82, 2.24) is 14.9 Å². The highest BCUT2D eigenvalue weighted by atomic mass is 79.9. The molecule has 0 saturated heterocycles. The average molecular weight is 494 g/mol. The molecule has 0 saturated carbocycles. The van der Waals surface area contributed by atoms with E-state index in [1.807, 2.05) is 47.3 Å². The van der Waals surface area contributed by atoms with Crippen molar-refractivity contribution < 1.29 is 0 Å². The molecule has 3 rings (SSSR count). The van der Waals surface area contributed by atoms with Gasteiger partial charge in [0, 0.05) is 26.2 Å². The van der Waals surface area contributed by atoms with Crippen LogP contribution < -0.4 is 0 Å². The SMILES string of the molecule is CC(C)c1nnc(SCc2ccc(Br)cc2)n1/N=C/c1ccccc1Br. The van der Waals surface area contributed by atoms with Gasteiger partial charge in [-0.15, -0.1) is 10.2 Å². The topological polar surface area (TPSA) is 43.1 Å². The zero-order valence-corrected chi connectivity index (χ0v) is 18.4. The van der Waals surface area contributed by atoms with Crippen LogP contribution in [-0.4, -0.2) is 21.1 Å². The van der Waals surface area contributed by atoms with Crippen molar-refractivity contribution in [3.63, 3.8) is 0 Å².